The number of nitrogens with zero attached hydrogens (tertiary/aromatic N) is 1. The fourth-order valence-corrected chi connectivity index (χ4v) is 2.27. The average Bonchev–Trinajstić information content (AvgIpc) is 2.87. The predicted molar refractivity (Wildman–Crippen MR) is 79.3 cm³/mol. The second-order valence-electron chi connectivity index (χ2n) is 4.72. The first-order chi connectivity index (χ1) is 8.81. The van der Waals surface area contributed by atoms with Gasteiger partial charge in [-0.15, -0.1) is 12.4 Å². The topological polar surface area (TPSA) is 47.7 Å². The van der Waals surface area contributed by atoms with Gasteiger partial charge in [-0.3, -0.25) is 4.90 Å². The standard InChI is InChI=1S/C14H22N2O2.ClH/c1-17-13-2-4-14(5-3-13)18-9-8-16-7-6-12(10-15)11-16;/h2-5,12H,6-11,15H2,1H3;1H. The highest BCUT2D eigenvalue weighted by molar-refractivity contribution is 5.85. The van der Waals surface area contributed by atoms with Crippen molar-refractivity contribution in [3.8, 4) is 11.5 Å². The Kier molecular flexibility index (Phi) is 6.99. The van der Waals surface area contributed by atoms with E-state index in [2.05, 4.69) is 4.90 Å². The largest absolute Gasteiger partial charge is 0.497 e. The van der Waals surface area contributed by atoms with Gasteiger partial charge >= 0.3 is 0 Å². The molecule has 1 atom stereocenters. The summed E-state index contributed by atoms with van der Waals surface area (Å²) < 4.78 is 10.8. The summed E-state index contributed by atoms with van der Waals surface area (Å²) >= 11 is 0. The summed E-state index contributed by atoms with van der Waals surface area (Å²) in [6.45, 7) is 4.76. The molecule has 108 valence electrons. The molecule has 0 amide bonds. The van der Waals surface area contributed by atoms with E-state index in [1.165, 1.54) is 6.42 Å². The van der Waals surface area contributed by atoms with Crippen LogP contribution in [0, 0.1) is 5.92 Å². The first-order valence-electron chi connectivity index (χ1n) is 6.51. The lowest BCUT2D eigenvalue weighted by Gasteiger charge is -2.16. The molecule has 1 fully saturated rings. The summed E-state index contributed by atoms with van der Waals surface area (Å²) in [5.41, 5.74) is 5.67. The monoisotopic (exact) mass is 286 g/mol. The number of benzene rings is 1. The molecule has 2 rings (SSSR count). The first kappa shape index (κ1) is 16.1. The van der Waals surface area contributed by atoms with Crippen LogP contribution in [0.25, 0.3) is 0 Å². The van der Waals surface area contributed by atoms with Gasteiger partial charge in [0.25, 0.3) is 0 Å². The van der Waals surface area contributed by atoms with Crippen molar-refractivity contribution in [2.75, 3.05) is 39.9 Å². The Bertz CT molecular complexity index is 359. The van der Waals surface area contributed by atoms with E-state index in [9.17, 15) is 0 Å². The third kappa shape index (κ3) is 4.90. The van der Waals surface area contributed by atoms with E-state index in [-0.39, 0.29) is 12.4 Å². The number of hydrogen-bond acceptors (Lipinski definition) is 4. The maximum atomic E-state index is 5.71. The summed E-state index contributed by atoms with van der Waals surface area (Å²) in [4.78, 5) is 2.42. The minimum Gasteiger partial charge on any atom is -0.497 e. The summed E-state index contributed by atoms with van der Waals surface area (Å²) in [5.74, 6) is 2.42. The van der Waals surface area contributed by atoms with Crippen LogP contribution in [0.4, 0.5) is 0 Å². The number of rotatable bonds is 6. The van der Waals surface area contributed by atoms with E-state index in [0.29, 0.717) is 5.92 Å². The van der Waals surface area contributed by atoms with Gasteiger partial charge in [-0.1, -0.05) is 0 Å². The fraction of sp³-hybridized carbons (Fsp3) is 0.571. The normalized spacial score (nSPS) is 18.9. The highest BCUT2D eigenvalue weighted by atomic mass is 35.5. The first-order valence-corrected chi connectivity index (χ1v) is 6.51. The summed E-state index contributed by atoms with van der Waals surface area (Å²) in [6.07, 6.45) is 1.22. The van der Waals surface area contributed by atoms with Gasteiger partial charge in [0.15, 0.2) is 0 Å². The van der Waals surface area contributed by atoms with Crippen LogP contribution in [0.15, 0.2) is 24.3 Å². The quantitative estimate of drug-likeness (QED) is 0.866. The van der Waals surface area contributed by atoms with Crippen molar-refractivity contribution in [1.29, 1.82) is 0 Å². The fourth-order valence-electron chi connectivity index (χ4n) is 2.27. The Morgan fingerprint density at radius 1 is 1.26 bits per heavy atom. The van der Waals surface area contributed by atoms with Gasteiger partial charge in [0, 0.05) is 13.1 Å². The van der Waals surface area contributed by atoms with E-state index < -0.39 is 0 Å². The lowest BCUT2D eigenvalue weighted by Crippen LogP contribution is -2.27. The zero-order chi connectivity index (χ0) is 12.8. The van der Waals surface area contributed by atoms with Gasteiger partial charge < -0.3 is 15.2 Å². The number of halogens is 1. The Balaban J connectivity index is 0.00000180. The van der Waals surface area contributed by atoms with E-state index in [4.69, 9.17) is 15.2 Å². The van der Waals surface area contributed by atoms with Crippen LogP contribution in [0.5, 0.6) is 11.5 Å². The average molecular weight is 287 g/mol. The van der Waals surface area contributed by atoms with Crippen LogP contribution in [0.1, 0.15) is 6.42 Å². The van der Waals surface area contributed by atoms with E-state index >= 15 is 0 Å². The van der Waals surface area contributed by atoms with Crippen molar-refractivity contribution in [3.05, 3.63) is 24.3 Å². The van der Waals surface area contributed by atoms with Crippen molar-refractivity contribution in [1.82, 2.24) is 4.90 Å². The summed E-state index contributed by atoms with van der Waals surface area (Å²) in [6, 6.07) is 7.70. The molecular weight excluding hydrogens is 264 g/mol. The van der Waals surface area contributed by atoms with Gasteiger partial charge in [0.2, 0.25) is 0 Å². The molecule has 19 heavy (non-hydrogen) atoms. The van der Waals surface area contributed by atoms with E-state index in [1.54, 1.807) is 7.11 Å². The third-order valence-corrected chi connectivity index (χ3v) is 3.44. The van der Waals surface area contributed by atoms with Crippen molar-refractivity contribution < 1.29 is 9.47 Å². The van der Waals surface area contributed by atoms with Gasteiger partial charge in [-0.2, -0.15) is 0 Å². The lowest BCUT2D eigenvalue weighted by atomic mass is 10.1. The minimum atomic E-state index is 0. The van der Waals surface area contributed by atoms with E-state index in [0.717, 1.165) is 44.3 Å². The van der Waals surface area contributed by atoms with Crippen molar-refractivity contribution in [3.63, 3.8) is 0 Å². The van der Waals surface area contributed by atoms with Crippen LogP contribution >= 0.6 is 12.4 Å². The number of likely N-dealkylation sites (tertiary alicyclic amines) is 1. The second-order valence-corrected chi connectivity index (χ2v) is 4.72. The molecule has 1 unspecified atom stereocenters. The maximum Gasteiger partial charge on any atom is 0.119 e. The van der Waals surface area contributed by atoms with Crippen LogP contribution in [-0.4, -0.2) is 44.8 Å². The SMILES string of the molecule is COc1ccc(OCCN2CCC(CN)C2)cc1.Cl. The number of ether oxygens (including phenoxy) is 2. The molecule has 1 aliphatic heterocycles. The van der Waals surface area contributed by atoms with Gasteiger partial charge in [0.05, 0.1) is 7.11 Å². The Labute approximate surface area is 121 Å². The Morgan fingerprint density at radius 2 is 1.95 bits per heavy atom. The highest BCUT2D eigenvalue weighted by Crippen LogP contribution is 2.18. The van der Waals surface area contributed by atoms with Gasteiger partial charge in [-0.05, 0) is 49.7 Å². The van der Waals surface area contributed by atoms with Crippen LogP contribution in [0.2, 0.25) is 0 Å². The maximum absolute atomic E-state index is 5.71. The number of hydrogen-bond donors (Lipinski definition) is 1. The predicted octanol–water partition coefficient (Wildman–Crippen LogP) is 1.78. The van der Waals surface area contributed by atoms with Crippen LogP contribution in [-0.2, 0) is 0 Å². The molecule has 0 bridgehead atoms. The molecule has 1 aliphatic rings. The smallest absolute Gasteiger partial charge is 0.119 e. The number of methoxy groups -OCH3 is 1. The van der Waals surface area contributed by atoms with Crippen molar-refractivity contribution in [2.45, 2.75) is 6.42 Å². The molecule has 1 saturated heterocycles. The molecule has 1 aromatic carbocycles. The third-order valence-electron chi connectivity index (χ3n) is 3.44. The lowest BCUT2D eigenvalue weighted by molar-refractivity contribution is 0.233. The number of nitrogens with two attached hydrogens (primary N) is 1. The second kappa shape index (κ2) is 8.25. The molecule has 0 spiro atoms. The zero-order valence-corrected chi connectivity index (χ0v) is 12.2. The molecule has 0 aromatic heterocycles. The molecule has 5 heteroatoms. The molecule has 2 N–H and O–H groups in total. The van der Waals surface area contributed by atoms with Crippen molar-refractivity contribution in [2.24, 2.45) is 11.7 Å². The van der Waals surface area contributed by atoms with Crippen molar-refractivity contribution >= 4 is 12.4 Å². The Morgan fingerprint density at radius 3 is 2.53 bits per heavy atom. The molecule has 0 aliphatic carbocycles. The molecule has 4 nitrogen and oxygen atoms in total. The molecule has 1 heterocycles. The highest BCUT2D eigenvalue weighted by Gasteiger charge is 2.20. The van der Waals surface area contributed by atoms with Gasteiger partial charge in [-0.25, -0.2) is 0 Å². The molecular formula is C14H23ClN2O2. The molecule has 0 saturated carbocycles. The van der Waals surface area contributed by atoms with E-state index in [1.807, 2.05) is 24.3 Å². The molecule has 0 radical (unpaired) electrons. The van der Waals surface area contributed by atoms with Crippen LogP contribution < -0.4 is 15.2 Å². The minimum absolute atomic E-state index is 0. The molecule has 1 aromatic rings. The zero-order valence-electron chi connectivity index (χ0n) is 11.4. The van der Waals surface area contributed by atoms with Gasteiger partial charge in [0.1, 0.15) is 18.1 Å². The Hall–Kier alpha value is -0.970. The summed E-state index contributed by atoms with van der Waals surface area (Å²) in [7, 11) is 1.66. The summed E-state index contributed by atoms with van der Waals surface area (Å²) in [5, 5.41) is 0. The van der Waals surface area contributed by atoms with Crippen LogP contribution in [0.3, 0.4) is 0 Å².